The number of nitrogens with zero attached hydrogens (tertiary/aromatic N) is 2. The van der Waals surface area contributed by atoms with Gasteiger partial charge in [-0.1, -0.05) is 13.8 Å². The molecule has 1 aliphatic heterocycles. The Kier molecular flexibility index (Phi) is 5.76. The molecule has 1 saturated heterocycles. The molecule has 0 saturated carbocycles. The molecule has 0 radical (unpaired) electrons. The third-order valence-electron chi connectivity index (χ3n) is 3.52. The number of aliphatic carboxylic acids is 1. The summed E-state index contributed by atoms with van der Waals surface area (Å²) in [5.74, 6) is -0.620. The summed E-state index contributed by atoms with van der Waals surface area (Å²) in [7, 11) is -3.55. The maximum atomic E-state index is 12.5. The van der Waals surface area contributed by atoms with Crippen LogP contribution in [0.25, 0.3) is 0 Å². The summed E-state index contributed by atoms with van der Waals surface area (Å²) in [6, 6.07) is -0.523. The molecule has 0 aromatic carbocycles. The zero-order valence-electron chi connectivity index (χ0n) is 11.9. The SMILES string of the molecule is CCN(C(C)CC(=O)O)S(=O)(=O)N1CCCC(C)C1. The molecule has 7 heteroatoms. The van der Waals surface area contributed by atoms with Gasteiger partial charge in [0.15, 0.2) is 0 Å². The highest BCUT2D eigenvalue weighted by Crippen LogP contribution is 2.22. The number of hydrogen-bond donors (Lipinski definition) is 1. The Morgan fingerprint density at radius 2 is 2.16 bits per heavy atom. The largest absolute Gasteiger partial charge is 0.481 e. The van der Waals surface area contributed by atoms with Gasteiger partial charge in [-0.2, -0.15) is 17.0 Å². The van der Waals surface area contributed by atoms with Crippen LogP contribution in [-0.4, -0.2) is 53.8 Å². The van der Waals surface area contributed by atoms with Gasteiger partial charge in [0.2, 0.25) is 0 Å². The van der Waals surface area contributed by atoms with E-state index in [4.69, 9.17) is 5.11 Å². The Bertz CT molecular complexity index is 410. The Hall–Kier alpha value is -0.660. The molecular weight excluding hydrogens is 268 g/mol. The van der Waals surface area contributed by atoms with Crippen molar-refractivity contribution in [1.82, 2.24) is 8.61 Å². The predicted octanol–water partition coefficient (Wildman–Crippen LogP) is 1.15. The molecule has 0 bridgehead atoms. The molecule has 1 rings (SSSR count). The van der Waals surface area contributed by atoms with Crippen molar-refractivity contribution >= 4 is 16.2 Å². The normalized spacial score (nSPS) is 23.5. The van der Waals surface area contributed by atoms with Gasteiger partial charge in [-0.3, -0.25) is 4.79 Å². The highest BCUT2D eigenvalue weighted by molar-refractivity contribution is 7.86. The molecule has 19 heavy (non-hydrogen) atoms. The van der Waals surface area contributed by atoms with E-state index in [0.717, 1.165) is 12.8 Å². The molecule has 2 atom stereocenters. The van der Waals surface area contributed by atoms with Gasteiger partial charge in [-0.15, -0.1) is 0 Å². The quantitative estimate of drug-likeness (QED) is 0.796. The summed E-state index contributed by atoms with van der Waals surface area (Å²) in [4.78, 5) is 10.8. The average molecular weight is 292 g/mol. The van der Waals surface area contributed by atoms with Crippen LogP contribution in [-0.2, 0) is 15.0 Å². The highest BCUT2D eigenvalue weighted by atomic mass is 32.2. The second-order valence-electron chi connectivity index (χ2n) is 5.26. The number of carboxylic acid groups (broad SMARTS) is 1. The first-order chi connectivity index (χ1) is 8.78. The van der Waals surface area contributed by atoms with Crippen molar-refractivity contribution in [1.29, 1.82) is 0 Å². The topological polar surface area (TPSA) is 77.9 Å². The summed E-state index contributed by atoms with van der Waals surface area (Å²) in [6.45, 7) is 6.77. The van der Waals surface area contributed by atoms with Crippen molar-refractivity contribution in [3.8, 4) is 0 Å². The van der Waals surface area contributed by atoms with Gasteiger partial charge in [0.1, 0.15) is 0 Å². The lowest BCUT2D eigenvalue weighted by atomic mass is 10.0. The van der Waals surface area contributed by atoms with Crippen LogP contribution in [0.15, 0.2) is 0 Å². The minimum Gasteiger partial charge on any atom is -0.481 e. The summed E-state index contributed by atoms with van der Waals surface area (Å²) >= 11 is 0. The van der Waals surface area contributed by atoms with E-state index in [9.17, 15) is 13.2 Å². The van der Waals surface area contributed by atoms with Crippen LogP contribution < -0.4 is 0 Å². The van der Waals surface area contributed by atoms with E-state index in [2.05, 4.69) is 0 Å². The van der Waals surface area contributed by atoms with Gasteiger partial charge in [0.05, 0.1) is 6.42 Å². The average Bonchev–Trinajstić information content (AvgIpc) is 2.28. The molecule has 1 aliphatic rings. The lowest BCUT2D eigenvalue weighted by molar-refractivity contribution is -0.137. The number of carbonyl (C=O) groups is 1. The van der Waals surface area contributed by atoms with Crippen LogP contribution in [0, 0.1) is 5.92 Å². The van der Waals surface area contributed by atoms with E-state index in [-0.39, 0.29) is 6.42 Å². The fourth-order valence-corrected chi connectivity index (χ4v) is 4.52. The van der Waals surface area contributed by atoms with Crippen LogP contribution in [0.3, 0.4) is 0 Å². The molecule has 0 aromatic rings. The van der Waals surface area contributed by atoms with Crippen molar-refractivity contribution < 1.29 is 18.3 Å². The first-order valence-corrected chi connectivity index (χ1v) is 8.17. The molecular formula is C12H24N2O4S. The van der Waals surface area contributed by atoms with Gasteiger partial charge < -0.3 is 5.11 Å². The monoisotopic (exact) mass is 292 g/mol. The van der Waals surface area contributed by atoms with Crippen LogP contribution in [0.1, 0.15) is 40.0 Å². The minimum atomic E-state index is -3.55. The first kappa shape index (κ1) is 16.4. The third kappa shape index (κ3) is 4.15. The Labute approximate surface area is 115 Å². The standard InChI is InChI=1S/C12H24N2O4S/c1-4-14(11(3)8-12(15)16)19(17,18)13-7-5-6-10(2)9-13/h10-11H,4-9H2,1-3H3,(H,15,16). The maximum absolute atomic E-state index is 12.5. The molecule has 1 heterocycles. The number of carboxylic acids is 1. The van der Waals surface area contributed by atoms with E-state index in [1.165, 1.54) is 8.61 Å². The zero-order chi connectivity index (χ0) is 14.6. The molecule has 2 unspecified atom stereocenters. The van der Waals surface area contributed by atoms with Crippen LogP contribution in [0.5, 0.6) is 0 Å². The molecule has 1 N–H and O–H groups in total. The smallest absolute Gasteiger partial charge is 0.304 e. The second kappa shape index (κ2) is 6.67. The number of piperidine rings is 1. The second-order valence-corrected chi connectivity index (χ2v) is 7.14. The first-order valence-electron chi connectivity index (χ1n) is 6.77. The van der Waals surface area contributed by atoms with E-state index in [0.29, 0.717) is 25.6 Å². The molecule has 0 aliphatic carbocycles. The van der Waals surface area contributed by atoms with E-state index in [1.54, 1.807) is 13.8 Å². The third-order valence-corrected chi connectivity index (χ3v) is 5.71. The van der Waals surface area contributed by atoms with Crippen molar-refractivity contribution in [2.24, 2.45) is 5.92 Å². The summed E-state index contributed by atoms with van der Waals surface area (Å²) in [6.07, 6.45) is 1.74. The molecule has 6 nitrogen and oxygen atoms in total. The van der Waals surface area contributed by atoms with Gasteiger partial charge in [0, 0.05) is 25.7 Å². The van der Waals surface area contributed by atoms with Gasteiger partial charge in [-0.25, -0.2) is 0 Å². The lowest BCUT2D eigenvalue weighted by Gasteiger charge is -2.36. The van der Waals surface area contributed by atoms with Gasteiger partial charge in [-0.05, 0) is 25.7 Å². The maximum Gasteiger partial charge on any atom is 0.304 e. The Balaban J connectivity index is 2.85. The minimum absolute atomic E-state index is 0.170. The zero-order valence-corrected chi connectivity index (χ0v) is 12.7. The lowest BCUT2D eigenvalue weighted by Crippen LogP contribution is -2.50. The van der Waals surface area contributed by atoms with Gasteiger partial charge in [0.25, 0.3) is 10.2 Å². The van der Waals surface area contributed by atoms with E-state index < -0.39 is 22.2 Å². The summed E-state index contributed by atoms with van der Waals surface area (Å²) in [5, 5.41) is 8.81. The molecule has 1 fully saturated rings. The van der Waals surface area contributed by atoms with Crippen molar-refractivity contribution in [3.63, 3.8) is 0 Å². The highest BCUT2D eigenvalue weighted by Gasteiger charge is 2.34. The number of rotatable bonds is 6. The molecule has 0 amide bonds. The molecule has 0 spiro atoms. The summed E-state index contributed by atoms with van der Waals surface area (Å²) < 4.78 is 27.9. The van der Waals surface area contributed by atoms with E-state index in [1.807, 2.05) is 6.92 Å². The fraction of sp³-hybridized carbons (Fsp3) is 0.917. The Morgan fingerprint density at radius 3 is 2.63 bits per heavy atom. The summed E-state index contributed by atoms with van der Waals surface area (Å²) in [5.41, 5.74) is 0. The van der Waals surface area contributed by atoms with Crippen LogP contribution >= 0.6 is 0 Å². The van der Waals surface area contributed by atoms with Crippen LogP contribution in [0.4, 0.5) is 0 Å². The van der Waals surface area contributed by atoms with Crippen molar-refractivity contribution in [2.75, 3.05) is 19.6 Å². The van der Waals surface area contributed by atoms with Crippen molar-refractivity contribution in [2.45, 2.75) is 46.1 Å². The van der Waals surface area contributed by atoms with Crippen LogP contribution in [0.2, 0.25) is 0 Å². The van der Waals surface area contributed by atoms with Gasteiger partial charge >= 0.3 is 5.97 Å². The number of hydrogen-bond acceptors (Lipinski definition) is 3. The predicted molar refractivity (Wildman–Crippen MR) is 73.0 cm³/mol. The van der Waals surface area contributed by atoms with E-state index >= 15 is 0 Å². The van der Waals surface area contributed by atoms with Crippen molar-refractivity contribution in [3.05, 3.63) is 0 Å². The molecule has 112 valence electrons. The Morgan fingerprint density at radius 1 is 1.53 bits per heavy atom. The molecule has 0 aromatic heterocycles. The fourth-order valence-electron chi connectivity index (χ4n) is 2.56.